The second-order valence-corrected chi connectivity index (χ2v) is 7.84. The summed E-state index contributed by atoms with van der Waals surface area (Å²) in [5, 5.41) is 4.52. The predicted molar refractivity (Wildman–Crippen MR) is 112 cm³/mol. The number of benzene rings is 1. The lowest BCUT2D eigenvalue weighted by Crippen LogP contribution is -2.48. The van der Waals surface area contributed by atoms with Gasteiger partial charge in [0.05, 0.1) is 31.0 Å². The first kappa shape index (κ1) is 19.7. The third-order valence-corrected chi connectivity index (χ3v) is 6.17. The highest BCUT2D eigenvalue weighted by molar-refractivity contribution is 5.96. The fraction of sp³-hybridized carbons (Fsp3) is 0.455. The maximum Gasteiger partial charge on any atom is 0.257 e. The molecule has 1 aromatic carbocycles. The second kappa shape index (κ2) is 8.00. The molecular weight excluding hydrogens is 366 g/mol. The number of carbonyl (C=O) groups is 1. The lowest BCUT2D eigenvalue weighted by molar-refractivity contribution is 0.0650. The molecule has 2 N–H and O–H groups in total. The Bertz CT molecular complexity index is 922. The van der Waals surface area contributed by atoms with Crippen molar-refractivity contribution in [1.29, 1.82) is 0 Å². The zero-order chi connectivity index (χ0) is 20.5. The number of carbonyl (C=O) groups excluding carboxylic acids is 1. The van der Waals surface area contributed by atoms with Gasteiger partial charge in [0.1, 0.15) is 5.75 Å². The Kier molecular flexibility index (Phi) is 5.43. The van der Waals surface area contributed by atoms with E-state index in [9.17, 15) is 4.79 Å². The number of para-hydroxylation sites is 1. The zero-order valence-corrected chi connectivity index (χ0v) is 17.3. The van der Waals surface area contributed by atoms with E-state index in [-0.39, 0.29) is 17.9 Å². The summed E-state index contributed by atoms with van der Waals surface area (Å²) >= 11 is 0. The number of amides is 1. The summed E-state index contributed by atoms with van der Waals surface area (Å²) in [5.41, 5.74) is 10.4. The molecule has 3 atom stereocenters. The Morgan fingerprint density at radius 2 is 2.14 bits per heavy atom. The van der Waals surface area contributed by atoms with Crippen LogP contribution in [0, 0.1) is 19.8 Å². The number of methoxy groups -OCH3 is 1. The van der Waals surface area contributed by atoms with Crippen LogP contribution < -0.4 is 15.6 Å². The van der Waals surface area contributed by atoms with Crippen LogP contribution in [0.5, 0.6) is 5.75 Å². The molecular formula is C22H29N5O2. The molecule has 3 heterocycles. The number of rotatable bonds is 5. The lowest BCUT2D eigenvalue weighted by atomic mass is 9.84. The maximum absolute atomic E-state index is 13.4. The molecule has 3 unspecified atom stereocenters. The standard InChI is InChI=1S/C22H29N5O2/c1-5-11-27-15(3)20(14(2)25-27)22(28)26-12-10-18-17(13-26)21(24-23-18)16-8-6-7-9-19(16)29-4/h5-9,17-18,21,23-24H,1,10-13H2,2-4H3. The van der Waals surface area contributed by atoms with Crippen LogP contribution in [0.4, 0.5) is 0 Å². The third-order valence-electron chi connectivity index (χ3n) is 6.17. The van der Waals surface area contributed by atoms with E-state index >= 15 is 0 Å². The van der Waals surface area contributed by atoms with Gasteiger partial charge in [0.2, 0.25) is 0 Å². The minimum absolute atomic E-state index is 0.0689. The Balaban J connectivity index is 1.58. The van der Waals surface area contributed by atoms with Gasteiger partial charge in [0, 0.05) is 36.3 Å². The van der Waals surface area contributed by atoms with Crippen LogP contribution in [0.3, 0.4) is 0 Å². The van der Waals surface area contributed by atoms with E-state index < -0.39 is 0 Å². The van der Waals surface area contributed by atoms with Crippen molar-refractivity contribution in [2.24, 2.45) is 5.92 Å². The number of hydrogen-bond acceptors (Lipinski definition) is 5. The largest absolute Gasteiger partial charge is 0.496 e. The van der Waals surface area contributed by atoms with Crippen molar-refractivity contribution in [3.63, 3.8) is 0 Å². The fourth-order valence-corrected chi connectivity index (χ4v) is 4.68. The van der Waals surface area contributed by atoms with Gasteiger partial charge < -0.3 is 9.64 Å². The van der Waals surface area contributed by atoms with E-state index in [4.69, 9.17) is 4.74 Å². The quantitative estimate of drug-likeness (QED) is 0.761. The van der Waals surface area contributed by atoms with Gasteiger partial charge in [-0.3, -0.25) is 14.9 Å². The van der Waals surface area contributed by atoms with Crippen LogP contribution in [0.25, 0.3) is 0 Å². The average Bonchev–Trinajstić information content (AvgIpc) is 3.27. The van der Waals surface area contributed by atoms with Crippen LogP contribution in [0.2, 0.25) is 0 Å². The van der Waals surface area contributed by atoms with E-state index in [1.54, 1.807) is 13.2 Å². The molecule has 1 amide bonds. The highest BCUT2D eigenvalue weighted by Crippen LogP contribution is 2.38. The van der Waals surface area contributed by atoms with Crippen molar-refractivity contribution in [3.8, 4) is 5.75 Å². The van der Waals surface area contributed by atoms with Crippen molar-refractivity contribution in [2.45, 2.75) is 38.9 Å². The number of hydrazine groups is 1. The summed E-state index contributed by atoms with van der Waals surface area (Å²) in [6.07, 6.45) is 2.71. The number of hydrogen-bond donors (Lipinski definition) is 2. The molecule has 2 saturated heterocycles. The molecule has 2 fully saturated rings. The zero-order valence-electron chi connectivity index (χ0n) is 17.3. The number of nitrogens with zero attached hydrogens (tertiary/aromatic N) is 3. The number of likely N-dealkylation sites (tertiary alicyclic amines) is 1. The first-order chi connectivity index (χ1) is 14.0. The van der Waals surface area contributed by atoms with Crippen LogP contribution in [-0.4, -0.2) is 46.8 Å². The Hall–Kier alpha value is -2.64. The van der Waals surface area contributed by atoms with Crippen molar-refractivity contribution in [3.05, 3.63) is 59.4 Å². The van der Waals surface area contributed by atoms with Crippen LogP contribution >= 0.6 is 0 Å². The van der Waals surface area contributed by atoms with Crippen LogP contribution in [0.15, 0.2) is 36.9 Å². The van der Waals surface area contributed by atoms with Gasteiger partial charge in [-0.1, -0.05) is 24.3 Å². The summed E-state index contributed by atoms with van der Waals surface area (Å²) in [7, 11) is 1.70. The van der Waals surface area contributed by atoms with E-state index in [1.807, 2.05) is 41.6 Å². The highest BCUT2D eigenvalue weighted by Gasteiger charge is 2.43. The van der Waals surface area contributed by atoms with Crippen LogP contribution in [0.1, 0.15) is 39.8 Å². The molecule has 154 valence electrons. The Labute approximate surface area is 171 Å². The van der Waals surface area contributed by atoms with Crippen molar-refractivity contribution < 1.29 is 9.53 Å². The topological polar surface area (TPSA) is 71.4 Å². The molecule has 1 aromatic heterocycles. The molecule has 0 radical (unpaired) electrons. The molecule has 0 aliphatic carbocycles. The molecule has 29 heavy (non-hydrogen) atoms. The fourth-order valence-electron chi connectivity index (χ4n) is 4.68. The van der Waals surface area contributed by atoms with E-state index in [0.717, 1.165) is 41.2 Å². The molecule has 2 aliphatic rings. The molecule has 0 spiro atoms. The number of allylic oxidation sites excluding steroid dienone is 1. The van der Waals surface area contributed by atoms with Gasteiger partial charge >= 0.3 is 0 Å². The molecule has 2 aromatic rings. The maximum atomic E-state index is 13.4. The minimum atomic E-state index is 0.0689. The number of aryl methyl sites for hydroxylation is 1. The first-order valence-electron chi connectivity index (χ1n) is 10.1. The number of ether oxygens (including phenoxy) is 1. The predicted octanol–water partition coefficient (Wildman–Crippen LogP) is 2.37. The van der Waals surface area contributed by atoms with E-state index in [1.165, 1.54) is 0 Å². The van der Waals surface area contributed by atoms with E-state index in [2.05, 4.69) is 28.6 Å². The normalized spacial score (nSPS) is 23.7. The van der Waals surface area contributed by atoms with E-state index in [0.29, 0.717) is 19.1 Å². The van der Waals surface area contributed by atoms with Gasteiger partial charge in [-0.2, -0.15) is 5.10 Å². The monoisotopic (exact) mass is 395 g/mol. The van der Waals surface area contributed by atoms with Crippen LogP contribution in [-0.2, 0) is 6.54 Å². The molecule has 0 bridgehead atoms. The molecule has 7 nitrogen and oxygen atoms in total. The smallest absolute Gasteiger partial charge is 0.257 e. The molecule has 7 heteroatoms. The number of nitrogens with one attached hydrogen (secondary N) is 2. The lowest BCUT2D eigenvalue weighted by Gasteiger charge is -2.36. The first-order valence-corrected chi connectivity index (χ1v) is 10.1. The summed E-state index contributed by atoms with van der Waals surface area (Å²) in [5.74, 6) is 1.21. The van der Waals surface area contributed by atoms with Gasteiger partial charge in [0.15, 0.2) is 0 Å². The van der Waals surface area contributed by atoms with Crippen molar-refractivity contribution >= 4 is 5.91 Å². The molecule has 0 saturated carbocycles. The number of piperidine rings is 1. The summed E-state index contributed by atoms with van der Waals surface area (Å²) < 4.78 is 7.42. The van der Waals surface area contributed by atoms with Crippen molar-refractivity contribution in [2.75, 3.05) is 20.2 Å². The number of aromatic nitrogens is 2. The van der Waals surface area contributed by atoms with Crippen molar-refractivity contribution in [1.82, 2.24) is 25.5 Å². The summed E-state index contributed by atoms with van der Waals surface area (Å²) in [6, 6.07) is 8.51. The SMILES string of the molecule is C=CCn1nc(C)c(C(=O)N2CCC3NNC(c4ccccc4OC)C3C2)c1C. The third kappa shape index (κ3) is 3.45. The minimum Gasteiger partial charge on any atom is -0.496 e. The average molecular weight is 396 g/mol. The Morgan fingerprint density at radius 1 is 1.34 bits per heavy atom. The van der Waals surface area contributed by atoms with Gasteiger partial charge in [0.25, 0.3) is 5.91 Å². The summed E-state index contributed by atoms with van der Waals surface area (Å²) in [6.45, 7) is 9.67. The van der Waals surface area contributed by atoms with Gasteiger partial charge in [-0.25, -0.2) is 5.43 Å². The summed E-state index contributed by atoms with van der Waals surface area (Å²) in [4.78, 5) is 15.4. The highest BCUT2D eigenvalue weighted by atomic mass is 16.5. The Morgan fingerprint density at radius 3 is 2.90 bits per heavy atom. The number of fused-ring (bicyclic) bond motifs is 1. The second-order valence-electron chi connectivity index (χ2n) is 7.84. The van der Waals surface area contributed by atoms with Gasteiger partial charge in [-0.05, 0) is 26.3 Å². The molecule has 2 aliphatic heterocycles. The molecule has 4 rings (SSSR count). The van der Waals surface area contributed by atoms with Gasteiger partial charge in [-0.15, -0.1) is 6.58 Å².